The second-order valence-electron chi connectivity index (χ2n) is 5.06. The van der Waals surface area contributed by atoms with Gasteiger partial charge in [0.05, 0.1) is 0 Å². The van der Waals surface area contributed by atoms with Gasteiger partial charge in [0, 0.05) is 23.1 Å². The smallest absolute Gasteiger partial charge is 0.0409 e. The Morgan fingerprint density at radius 3 is 2.65 bits per heavy atom. The van der Waals surface area contributed by atoms with E-state index >= 15 is 0 Å². The molecule has 94 valence electrons. The molecule has 0 saturated heterocycles. The number of rotatable bonds is 3. The quantitative estimate of drug-likeness (QED) is 0.867. The zero-order valence-corrected chi connectivity index (χ0v) is 11.1. The van der Waals surface area contributed by atoms with Crippen LogP contribution in [0.1, 0.15) is 44.2 Å². The maximum atomic E-state index is 6.01. The van der Waals surface area contributed by atoms with E-state index in [1.165, 1.54) is 18.4 Å². The predicted octanol–water partition coefficient (Wildman–Crippen LogP) is 3.26. The molecule has 0 radical (unpaired) electrons. The van der Waals surface area contributed by atoms with Crippen molar-refractivity contribution in [2.45, 2.75) is 50.7 Å². The molecule has 0 aliphatic heterocycles. The fourth-order valence-corrected chi connectivity index (χ4v) is 2.71. The summed E-state index contributed by atoms with van der Waals surface area (Å²) in [7, 11) is 0. The molecule has 0 unspecified atom stereocenters. The van der Waals surface area contributed by atoms with Gasteiger partial charge in [0.15, 0.2) is 0 Å². The summed E-state index contributed by atoms with van der Waals surface area (Å²) in [5.41, 5.74) is 7.17. The SMILES string of the molecule is C[C@H](NC1CCC(N)CC1)c1cccc(Cl)c1. The maximum Gasteiger partial charge on any atom is 0.0409 e. The Balaban J connectivity index is 1.90. The molecule has 1 aliphatic carbocycles. The highest BCUT2D eigenvalue weighted by Gasteiger charge is 2.20. The Kier molecular flexibility index (Phi) is 4.43. The maximum absolute atomic E-state index is 6.01. The lowest BCUT2D eigenvalue weighted by molar-refractivity contribution is 0.322. The van der Waals surface area contributed by atoms with Crippen molar-refractivity contribution in [3.63, 3.8) is 0 Å². The van der Waals surface area contributed by atoms with Gasteiger partial charge in [-0.05, 0) is 50.3 Å². The van der Waals surface area contributed by atoms with Gasteiger partial charge in [-0.25, -0.2) is 0 Å². The van der Waals surface area contributed by atoms with Crippen LogP contribution in [0.15, 0.2) is 24.3 Å². The third kappa shape index (κ3) is 3.70. The molecule has 17 heavy (non-hydrogen) atoms. The summed E-state index contributed by atoms with van der Waals surface area (Å²) in [6.45, 7) is 2.19. The minimum Gasteiger partial charge on any atom is -0.328 e. The minimum absolute atomic E-state index is 0.355. The van der Waals surface area contributed by atoms with Crippen molar-refractivity contribution in [1.82, 2.24) is 5.32 Å². The number of hydrogen-bond acceptors (Lipinski definition) is 2. The van der Waals surface area contributed by atoms with Crippen LogP contribution in [0, 0.1) is 0 Å². The van der Waals surface area contributed by atoms with Crippen molar-refractivity contribution in [2.75, 3.05) is 0 Å². The first-order valence-electron chi connectivity index (χ1n) is 6.42. The first-order valence-corrected chi connectivity index (χ1v) is 6.80. The van der Waals surface area contributed by atoms with Crippen molar-refractivity contribution < 1.29 is 0 Å². The van der Waals surface area contributed by atoms with Crippen LogP contribution in [0.2, 0.25) is 5.02 Å². The van der Waals surface area contributed by atoms with E-state index < -0.39 is 0 Å². The monoisotopic (exact) mass is 252 g/mol. The van der Waals surface area contributed by atoms with E-state index in [1.807, 2.05) is 18.2 Å². The molecule has 1 fully saturated rings. The standard InChI is InChI=1S/C14H21ClN2/c1-10(11-3-2-4-12(15)9-11)17-14-7-5-13(16)6-8-14/h2-4,9-10,13-14,17H,5-8,16H2,1H3/t10-,13?,14?/m0/s1. The van der Waals surface area contributed by atoms with Crippen LogP contribution < -0.4 is 11.1 Å². The summed E-state index contributed by atoms with van der Waals surface area (Å²) in [4.78, 5) is 0. The number of nitrogens with two attached hydrogens (primary N) is 1. The van der Waals surface area contributed by atoms with Crippen molar-refractivity contribution in [3.05, 3.63) is 34.9 Å². The molecule has 1 aromatic carbocycles. The second kappa shape index (κ2) is 5.85. The average molecular weight is 253 g/mol. The van der Waals surface area contributed by atoms with E-state index in [1.54, 1.807) is 0 Å². The molecule has 1 atom stereocenters. The van der Waals surface area contributed by atoms with Gasteiger partial charge in [-0.15, -0.1) is 0 Å². The third-order valence-corrected chi connectivity index (χ3v) is 3.84. The summed E-state index contributed by atoms with van der Waals surface area (Å²) in [5.74, 6) is 0. The first kappa shape index (κ1) is 12.9. The number of halogens is 1. The lowest BCUT2D eigenvalue weighted by atomic mass is 9.91. The highest BCUT2D eigenvalue weighted by molar-refractivity contribution is 6.30. The highest BCUT2D eigenvalue weighted by atomic mass is 35.5. The van der Waals surface area contributed by atoms with Crippen molar-refractivity contribution >= 4 is 11.6 Å². The largest absolute Gasteiger partial charge is 0.328 e. The van der Waals surface area contributed by atoms with E-state index in [0.717, 1.165) is 17.9 Å². The molecular formula is C14H21ClN2. The van der Waals surface area contributed by atoms with Crippen LogP contribution in [0.4, 0.5) is 0 Å². The molecule has 0 spiro atoms. The topological polar surface area (TPSA) is 38.0 Å². The minimum atomic E-state index is 0.355. The van der Waals surface area contributed by atoms with Gasteiger partial charge in [0.25, 0.3) is 0 Å². The van der Waals surface area contributed by atoms with E-state index in [0.29, 0.717) is 18.1 Å². The molecule has 3 N–H and O–H groups in total. The highest BCUT2D eigenvalue weighted by Crippen LogP contribution is 2.22. The van der Waals surface area contributed by atoms with Crippen LogP contribution in [-0.2, 0) is 0 Å². The first-order chi connectivity index (χ1) is 8.15. The molecule has 0 bridgehead atoms. The van der Waals surface area contributed by atoms with Crippen molar-refractivity contribution in [2.24, 2.45) is 5.73 Å². The normalized spacial score (nSPS) is 26.8. The van der Waals surface area contributed by atoms with Crippen LogP contribution in [0.3, 0.4) is 0 Å². The Hall–Kier alpha value is -0.570. The van der Waals surface area contributed by atoms with Gasteiger partial charge in [-0.1, -0.05) is 23.7 Å². The van der Waals surface area contributed by atoms with Gasteiger partial charge in [-0.2, -0.15) is 0 Å². The molecule has 1 saturated carbocycles. The number of nitrogens with one attached hydrogen (secondary N) is 1. The fraction of sp³-hybridized carbons (Fsp3) is 0.571. The lowest BCUT2D eigenvalue weighted by Crippen LogP contribution is -2.38. The van der Waals surface area contributed by atoms with Gasteiger partial charge < -0.3 is 11.1 Å². The van der Waals surface area contributed by atoms with Crippen molar-refractivity contribution in [1.29, 1.82) is 0 Å². The predicted molar refractivity (Wildman–Crippen MR) is 73.2 cm³/mol. The van der Waals surface area contributed by atoms with E-state index in [4.69, 9.17) is 17.3 Å². The molecular weight excluding hydrogens is 232 g/mol. The Morgan fingerprint density at radius 2 is 2.00 bits per heavy atom. The van der Waals surface area contributed by atoms with E-state index in [-0.39, 0.29) is 0 Å². The van der Waals surface area contributed by atoms with E-state index in [2.05, 4.69) is 18.3 Å². The van der Waals surface area contributed by atoms with Crippen LogP contribution in [-0.4, -0.2) is 12.1 Å². The number of hydrogen-bond donors (Lipinski definition) is 2. The molecule has 1 aliphatic rings. The second-order valence-corrected chi connectivity index (χ2v) is 5.49. The lowest BCUT2D eigenvalue weighted by Gasteiger charge is -2.29. The summed E-state index contributed by atoms with van der Waals surface area (Å²) in [5, 5.41) is 4.48. The van der Waals surface area contributed by atoms with Gasteiger partial charge in [-0.3, -0.25) is 0 Å². The van der Waals surface area contributed by atoms with Crippen LogP contribution >= 0.6 is 11.6 Å². The summed E-state index contributed by atoms with van der Waals surface area (Å²) >= 11 is 6.01. The van der Waals surface area contributed by atoms with Crippen molar-refractivity contribution in [3.8, 4) is 0 Å². The molecule has 2 nitrogen and oxygen atoms in total. The molecule has 3 heteroatoms. The van der Waals surface area contributed by atoms with Gasteiger partial charge in [0.1, 0.15) is 0 Å². The average Bonchev–Trinajstić information content (AvgIpc) is 2.32. The molecule has 0 amide bonds. The van der Waals surface area contributed by atoms with Crippen LogP contribution in [0.25, 0.3) is 0 Å². The van der Waals surface area contributed by atoms with E-state index in [9.17, 15) is 0 Å². The summed E-state index contributed by atoms with van der Waals surface area (Å²) in [6.07, 6.45) is 4.65. The summed E-state index contributed by atoms with van der Waals surface area (Å²) < 4.78 is 0. The molecule has 0 heterocycles. The molecule has 0 aromatic heterocycles. The molecule has 2 rings (SSSR count). The fourth-order valence-electron chi connectivity index (χ4n) is 2.51. The van der Waals surface area contributed by atoms with Crippen LogP contribution in [0.5, 0.6) is 0 Å². The Labute approximate surface area is 109 Å². The number of benzene rings is 1. The third-order valence-electron chi connectivity index (χ3n) is 3.61. The zero-order valence-electron chi connectivity index (χ0n) is 10.3. The Morgan fingerprint density at radius 1 is 1.29 bits per heavy atom. The van der Waals surface area contributed by atoms with Gasteiger partial charge in [0.2, 0.25) is 0 Å². The van der Waals surface area contributed by atoms with Gasteiger partial charge >= 0.3 is 0 Å². The zero-order chi connectivity index (χ0) is 12.3. The molecule has 1 aromatic rings. The summed E-state index contributed by atoms with van der Waals surface area (Å²) in [6, 6.07) is 9.45. The Bertz CT molecular complexity index is 359.